The number of carbonyl (C=O) groups excluding carboxylic acids is 1. The van der Waals surface area contributed by atoms with Crippen LogP contribution in [0.5, 0.6) is 0 Å². The van der Waals surface area contributed by atoms with Crippen molar-refractivity contribution in [2.45, 2.75) is 65.1 Å². The summed E-state index contributed by atoms with van der Waals surface area (Å²) in [6, 6.07) is 8.37. The minimum Gasteiger partial charge on any atom is -0.462 e. The number of hydrogen-bond acceptors (Lipinski definition) is 5. The quantitative estimate of drug-likeness (QED) is 0.291. The summed E-state index contributed by atoms with van der Waals surface area (Å²) in [5.41, 5.74) is 2.73. The van der Waals surface area contributed by atoms with Crippen molar-refractivity contribution in [3.63, 3.8) is 0 Å². The second-order valence-corrected chi connectivity index (χ2v) is 8.44. The Morgan fingerprint density at radius 2 is 1.83 bits per heavy atom. The smallest absolute Gasteiger partial charge is 0.333 e. The Bertz CT molecular complexity index is 631. The normalized spacial score (nSPS) is 20.0. The molecule has 168 valence electrons. The number of aryl methyl sites for hydroxylation is 1. The minimum absolute atomic E-state index is 0.0268. The van der Waals surface area contributed by atoms with Crippen LogP contribution in [0.15, 0.2) is 36.4 Å². The first kappa shape index (κ1) is 24.6. The maximum atomic E-state index is 11.5. The Morgan fingerprint density at radius 3 is 2.43 bits per heavy atom. The van der Waals surface area contributed by atoms with Gasteiger partial charge in [0, 0.05) is 30.4 Å². The topological polar surface area (TPSA) is 65.0 Å². The van der Waals surface area contributed by atoms with Gasteiger partial charge in [-0.3, -0.25) is 0 Å². The van der Waals surface area contributed by atoms with Gasteiger partial charge >= 0.3 is 5.97 Å². The first-order valence-corrected chi connectivity index (χ1v) is 11.3. The van der Waals surface area contributed by atoms with Crippen LogP contribution in [0.25, 0.3) is 0 Å². The average Bonchev–Trinajstić information content (AvgIpc) is 2.76. The van der Waals surface area contributed by atoms with E-state index in [1.807, 2.05) is 0 Å². The summed E-state index contributed by atoms with van der Waals surface area (Å²) in [6.07, 6.45) is 7.32. The van der Waals surface area contributed by atoms with E-state index in [1.165, 1.54) is 31.2 Å². The fraction of sp³-hybridized carbons (Fsp3) is 0.640. The van der Waals surface area contributed by atoms with Crippen LogP contribution in [0.2, 0.25) is 0 Å². The molecule has 1 heterocycles. The van der Waals surface area contributed by atoms with Crippen LogP contribution in [0.3, 0.4) is 0 Å². The largest absolute Gasteiger partial charge is 0.462 e. The molecule has 1 aromatic rings. The molecule has 1 N–H and O–H groups in total. The predicted molar refractivity (Wildman–Crippen MR) is 118 cm³/mol. The zero-order valence-electron chi connectivity index (χ0n) is 18.6. The number of hydrogen-bond donors (Lipinski definition) is 1. The van der Waals surface area contributed by atoms with Crippen LogP contribution in [0, 0.1) is 11.8 Å². The van der Waals surface area contributed by atoms with Gasteiger partial charge in [0.2, 0.25) is 0 Å². The van der Waals surface area contributed by atoms with Gasteiger partial charge < -0.3 is 19.3 Å². The van der Waals surface area contributed by atoms with E-state index >= 15 is 0 Å². The lowest BCUT2D eigenvalue weighted by atomic mass is 9.98. The van der Waals surface area contributed by atoms with Crippen LogP contribution in [0.1, 0.15) is 57.1 Å². The van der Waals surface area contributed by atoms with Gasteiger partial charge in [-0.2, -0.15) is 0 Å². The van der Waals surface area contributed by atoms with E-state index in [4.69, 9.17) is 14.2 Å². The molecule has 1 unspecified atom stereocenters. The van der Waals surface area contributed by atoms with E-state index in [1.54, 1.807) is 6.92 Å². The Morgan fingerprint density at radius 1 is 1.17 bits per heavy atom. The molecule has 0 bridgehead atoms. The molecule has 0 aromatic heterocycles. The maximum absolute atomic E-state index is 11.5. The van der Waals surface area contributed by atoms with E-state index in [-0.39, 0.29) is 25.4 Å². The lowest BCUT2D eigenvalue weighted by Crippen LogP contribution is -2.32. The molecule has 0 amide bonds. The fourth-order valence-corrected chi connectivity index (χ4v) is 3.55. The lowest BCUT2D eigenvalue weighted by Gasteiger charge is -2.29. The van der Waals surface area contributed by atoms with E-state index in [0.29, 0.717) is 17.9 Å². The molecule has 0 aliphatic carbocycles. The van der Waals surface area contributed by atoms with Gasteiger partial charge in [-0.1, -0.05) is 57.0 Å². The molecular formula is C25H38O5. The van der Waals surface area contributed by atoms with Gasteiger partial charge in [0.25, 0.3) is 0 Å². The minimum atomic E-state index is -0.414. The molecule has 1 fully saturated rings. The van der Waals surface area contributed by atoms with Crippen molar-refractivity contribution in [3.8, 4) is 0 Å². The Hall–Kier alpha value is -1.69. The molecule has 0 radical (unpaired) electrons. The first-order valence-electron chi connectivity index (χ1n) is 11.3. The van der Waals surface area contributed by atoms with E-state index in [0.717, 1.165) is 31.6 Å². The molecule has 2 rings (SSSR count). The molecule has 5 heteroatoms. The number of esters is 1. The van der Waals surface area contributed by atoms with Crippen molar-refractivity contribution in [1.82, 2.24) is 0 Å². The first-order chi connectivity index (χ1) is 14.5. The standard InChI is InChI=1S/C25H38O5/c1-4-5-6-7-22-16-28-24(29-17-22)13-12-20-8-10-21(11-9-20)14-23(15-26)18-30-25(27)19(2)3/h8-11,22-24,26H,2,4-7,12-18H2,1,3H3. The van der Waals surface area contributed by atoms with Gasteiger partial charge in [0.05, 0.1) is 19.8 Å². The van der Waals surface area contributed by atoms with Crippen molar-refractivity contribution in [1.29, 1.82) is 0 Å². The highest BCUT2D eigenvalue weighted by Gasteiger charge is 2.21. The molecule has 1 saturated heterocycles. The Labute approximate surface area is 181 Å². The summed E-state index contributed by atoms with van der Waals surface area (Å²) < 4.78 is 17.0. The van der Waals surface area contributed by atoms with Crippen molar-refractivity contribution < 1.29 is 24.1 Å². The van der Waals surface area contributed by atoms with E-state index in [9.17, 15) is 9.90 Å². The molecule has 30 heavy (non-hydrogen) atoms. The monoisotopic (exact) mass is 418 g/mol. The molecule has 1 aromatic carbocycles. The van der Waals surface area contributed by atoms with Crippen LogP contribution in [0.4, 0.5) is 0 Å². The molecule has 5 nitrogen and oxygen atoms in total. The number of unbranched alkanes of at least 4 members (excludes halogenated alkanes) is 2. The second-order valence-electron chi connectivity index (χ2n) is 8.44. The van der Waals surface area contributed by atoms with Crippen LogP contribution in [-0.2, 0) is 31.8 Å². The molecule has 0 saturated carbocycles. The third-order valence-corrected chi connectivity index (χ3v) is 5.52. The van der Waals surface area contributed by atoms with Crippen molar-refractivity contribution in [3.05, 3.63) is 47.5 Å². The summed E-state index contributed by atoms with van der Waals surface area (Å²) in [6.45, 7) is 9.20. The maximum Gasteiger partial charge on any atom is 0.333 e. The number of aliphatic hydroxyl groups is 1. The van der Waals surface area contributed by atoms with Gasteiger partial charge in [0.15, 0.2) is 6.29 Å². The van der Waals surface area contributed by atoms with E-state index in [2.05, 4.69) is 37.8 Å². The summed E-state index contributed by atoms with van der Waals surface area (Å²) in [5, 5.41) is 9.56. The Kier molecular flexibility index (Phi) is 11.1. The fourth-order valence-electron chi connectivity index (χ4n) is 3.55. The van der Waals surface area contributed by atoms with Crippen molar-refractivity contribution >= 4 is 5.97 Å². The third-order valence-electron chi connectivity index (χ3n) is 5.52. The summed E-state index contributed by atoms with van der Waals surface area (Å²) in [7, 11) is 0. The highest BCUT2D eigenvalue weighted by molar-refractivity contribution is 5.86. The highest BCUT2D eigenvalue weighted by atomic mass is 16.7. The van der Waals surface area contributed by atoms with Crippen LogP contribution < -0.4 is 0 Å². The summed E-state index contributed by atoms with van der Waals surface area (Å²) >= 11 is 0. The predicted octanol–water partition coefficient (Wildman–Crippen LogP) is 4.46. The summed E-state index contributed by atoms with van der Waals surface area (Å²) in [5.74, 6) is 0.0120. The van der Waals surface area contributed by atoms with Crippen LogP contribution >= 0.6 is 0 Å². The average molecular weight is 419 g/mol. The molecule has 1 aliphatic heterocycles. The number of aliphatic hydroxyl groups excluding tert-OH is 1. The second kappa shape index (κ2) is 13.6. The van der Waals surface area contributed by atoms with Crippen molar-refractivity contribution in [2.75, 3.05) is 26.4 Å². The molecule has 1 atom stereocenters. The molecule has 0 spiro atoms. The van der Waals surface area contributed by atoms with E-state index < -0.39 is 5.97 Å². The lowest BCUT2D eigenvalue weighted by molar-refractivity contribution is -0.203. The van der Waals surface area contributed by atoms with Crippen molar-refractivity contribution in [2.24, 2.45) is 11.8 Å². The van der Waals surface area contributed by atoms with Crippen LogP contribution in [-0.4, -0.2) is 43.8 Å². The number of rotatable bonds is 13. The van der Waals surface area contributed by atoms with Gasteiger partial charge in [0.1, 0.15) is 0 Å². The highest BCUT2D eigenvalue weighted by Crippen LogP contribution is 2.20. The molecule has 1 aliphatic rings. The van der Waals surface area contributed by atoms with Gasteiger partial charge in [-0.25, -0.2) is 4.79 Å². The zero-order chi connectivity index (χ0) is 21.8. The van der Waals surface area contributed by atoms with Gasteiger partial charge in [-0.15, -0.1) is 0 Å². The number of ether oxygens (including phenoxy) is 3. The molecular weight excluding hydrogens is 380 g/mol. The Balaban J connectivity index is 1.69. The SMILES string of the molecule is C=C(C)C(=O)OCC(CO)Cc1ccc(CCC2OCC(CCCCC)CO2)cc1. The van der Waals surface area contributed by atoms with Gasteiger partial charge in [-0.05, 0) is 37.3 Å². The number of benzene rings is 1. The summed E-state index contributed by atoms with van der Waals surface area (Å²) in [4.78, 5) is 11.5. The zero-order valence-corrected chi connectivity index (χ0v) is 18.6. The third kappa shape index (κ3) is 8.99. The number of carbonyl (C=O) groups is 1.